The van der Waals surface area contributed by atoms with E-state index in [1.807, 2.05) is 13.8 Å². The van der Waals surface area contributed by atoms with Crippen molar-refractivity contribution in [2.45, 2.75) is 19.9 Å². The van der Waals surface area contributed by atoms with Crippen LogP contribution in [-0.4, -0.2) is 24.0 Å². The normalized spacial score (nSPS) is 11.4. The first kappa shape index (κ1) is 14.3. The van der Waals surface area contributed by atoms with E-state index in [2.05, 4.69) is 11.4 Å². The first-order valence-electron chi connectivity index (χ1n) is 5.82. The molecule has 0 saturated carbocycles. The third-order valence-corrected chi connectivity index (χ3v) is 2.90. The van der Waals surface area contributed by atoms with E-state index in [0.717, 1.165) is 5.56 Å². The molecule has 0 aromatic heterocycles. The molecular weight excluding hydrogens is 250 g/mol. The maximum Gasteiger partial charge on any atom is 0.318 e. The summed E-state index contributed by atoms with van der Waals surface area (Å²) in [6.07, 6.45) is 0. The Labute approximate surface area is 112 Å². The van der Waals surface area contributed by atoms with Crippen LogP contribution in [0, 0.1) is 11.3 Å². The molecule has 0 heterocycles. The highest BCUT2D eigenvalue weighted by atomic mass is 35.5. The first-order chi connectivity index (χ1) is 8.62. The number of hydrogen-bond donors (Lipinski definition) is 1. The molecule has 0 spiro atoms. The number of nitriles is 1. The summed E-state index contributed by atoms with van der Waals surface area (Å²) in [6, 6.07) is 8.05. The Morgan fingerprint density at radius 2 is 1.94 bits per heavy atom. The van der Waals surface area contributed by atoms with Crippen LogP contribution in [0.2, 0.25) is 5.02 Å². The Bertz CT molecular complexity index is 435. The van der Waals surface area contributed by atoms with Gasteiger partial charge in [-0.3, -0.25) is 0 Å². The summed E-state index contributed by atoms with van der Waals surface area (Å²) in [5.74, 6) is 0. The van der Waals surface area contributed by atoms with Gasteiger partial charge < -0.3 is 10.2 Å². The van der Waals surface area contributed by atoms with E-state index >= 15 is 0 Å². The van der Waals surface area contributed by atoms with Crippen molar-refractivity contribution in [3.8, 4) is 6.07 Å². The lowest BCUT2D eigenvalue weighted by atomic mass is 10.1. The molecule has 0 saturated heterocycles. The smallest absolute Gasteiger partial charge is 0.318 e. The molecule has 1 unspecified atom stereocenters. The molecule has 1 rings (SSSR count). The van der Waals surface area contributed by atoms with Crippen molar-refractivity contribution >= 4 is 17.6 Å². The second-order valence-electron chi connectivity index (χ2n) is 3.74. The molecular formula is C13H16ClN3O. The van der Waals surface area contributed by atoms with Gasteiger partial charge in [-0.15, -0.1) is 0 Å². The van der Waals surface area contributed by atoms with Crippen LogP contribution in [0.4, 0.5) is 4.79 Å². The molecule has 0 aliphatic rings. The lowest BCUT2D eigenvalue weighted by Crippen LogP contribution is -2.41. The number of benzene rings is 1. The summed E-state index contributed by atoms with van der Waals surface area (Å²) in [4.78, 5) is 13.5. The topological polar surface area (TPSA) is 56.1 Å². The lowest BCUT2D eigenvalue weighted by molar-refractivity contribution is 0.201. The minimum absolute atomic E-state index is 0.235. The fourth-order valence-corrected chi connectivity index (χ4v) is 1.70. The van der Waals surface area contributed by atoms with Gasteiger partial charge in [-0.2, -0.15) is 5.26 Å². The lowest BCUT2D eigenvalue weighted by Gasteiger charge is -2.21. The molecule has 0 aliphatic carbocycles. The van der Waals surface area contributed by atoms with Crippen LogP contribution in [0.5, 0.6) is 0 Å². The van der Waals surface area contributed by atoms with Gasteiger partial charge in [0.2, 0.25) is 0 Å². The predicted molar refractivity (Wildman–Crippen MR) is 71.3 cm³/mol. The predicted octanol–water partition coefficient (Wildman–Crippen LogP) is 2.96. The molecule has 1 N–H and O–H groups in total. The summed E-state index contributed by atoms with van der Waals surface area (Å²) in [6.45, 7) is 5.02. The molecule has 96 valence electrons. The SMILES string of the molecule is CCN(CC)C(=O)NC(C#N)c1ccc(Cl)cc1. The van der Waals surface area contributed by atoms with Gasteiger partial charge in [0.1, 0.15) is 6.04 Å². The zero-order chi connectivity index (χ0) is 13.5. The summed E-state index contributed by atoms with van der Waals surface area (Å²) in [5, 5.41) is 12.4. The third kappa shape index (κ3) is 3.64. The minimum atomic E-state index is -0.657. The molecule has 1 aromatic rings. The Hall–Kier alpha value is -1.73. The van der Waals surface area contributed by atoms with Crippen LogP contribution in [0.1, 0.15) is 25.5 Å². The van der Waals surface area contributed by atoms with E-state index in [0.29, 0.717) is 18.1 Å². The molecule has 1 aromatic carbocycles. The summed E-state index contributed by atoms with van der Waals surface area (Å²) < 4.78 is 0. The summed E-state index contributed by atoms with van der Waals surface area (Å²) in [5.41, 5.74) is 0.724. The van der Waals surface area contributed by atoms with Crippen LogP contribution in [0.25, 0.3) is 0 Å². The highest BCUT2D eigenvalue weighted by Crippen LogP contribution is 2.16. The fourth-order valence-electron chi connectivity index (χ4n) is 1.57. The van der Waals surface area contributed by atoms with E-state index in [-0.39, 0.29) is 6.03 Å². The van der Waals surface area contributed by atoms with Gasteiger partial charge in [-0.05, 0) is 31.5 Å². The van der Waals surface area contributed by atoms with E-state index in [1.54, 1.807) is 29.2 Å². The van der Waals surface area contributed by atoms with Crippen LogP contribution >= 0.6 is 11.6 Å². The fraction of sp³-hybridized carbons (Fsp3) is 0.385. The molecule has 4 nitrogen and oxygen atoms in total. The maximum atomic E-state index is 11.9. The van der Waals surface area contributed by atoms with Crippen molar-refractivity contribution in [1.82, 2.24) is 10.2 Å². The molecule has 0 bridgehead atoms. The molecule has 5 heteroatoms. The van der Waals surface area contributed by atoms with E-state index in [1.165, 1.54) is 0 Å². The van der Waals surface area contributed by atoms with Crippen molar-refractivity contribution in [3.05, 3.63) is 34.9 Å². The molecule has 1 atom stereocenters. The first-order valence-corrected chi connectivity index (χ1v) is 6.20. The highest BCUT2D eigenvalue weighted by molar-refractivity contribution is 6.30. The van der Waals surface area contributed by atoms with Gasteiger partial charge in [0, 0.05) is 18.1 Å². The number of carbonyl (C=O) groups excluding carboxylic acids is 1. The quantitative estimate of drug-likeness (QED) is 0.910. The van der Waals surface area contributed by atoms with Crippen LogP contribution in [-0.2, 0) is 0 Å². The number of amides is 2. The summed E-state index contributed by atoms with van der Waals surface area (Å²) >= 11 is 5.78. The van der Waals surface area contributed by atoms with Crippen molar-refractivity contribution in [1.29, 1.82) is 5.26 Å². The zero-order valence-corrected chi connectivity index (χ0v) is 11.2. The number of urea groups is 1. The average molecular weight is 266 g/mol. The Morgan fingerprint density at radius 1 is 1.39 bits per heavy atom. The molecule has 18 heavy (non-hydrogen) atoms. The number of carbonyl (C=O) groups is 1. The van der Waals surface area contributed by atoms with Gasteiger partial charge in [-0.1, -0.05) is 23.7 Å². The van der Waals surface area contributed by atoms with E-state index in [9.17, 15) is 4.79 Å². The molecule has 0 aliphatic heterocycles. The van der Waals surface area contributed by atoms with Gasteiger partial charge in [0.15, 0.2) is 0 Å². The van der Waals surface area contributed by atoms with Gasteiger partial charge >= 0.3 is 6.03 Å². The Kier molecular flexibility index (Phi) is 5.47. The highest BCUT2D eigenvalue weighted by Gasteiger charge is 2.16. The zero-order valence-electron chi connectivity index (χ0n) is 10.5. The van der Waals surface area contributed by atoms with Crippen LogP contribution < -0.4 is 5.32 Å². The number of halogens is 1. The van der Waals surface area contributed by atoms with Crippen molar-refractivity contribution in [2.24, 2.45) is 0 Å². The van der Waals surface area contributed by atoms with Crippen molar-refractivity contribution in [2.75, 3.05) is 13.1 Å². The second kappa shape index (κ2) is 6.87. The van der Waals surface area contributed by atoms with Gasteiger partial charge in [0.05, 0.1) is 6.07 Å². The average Bonchev–Trinajstić information content (AvgIpc) is 2.38. The number of nitrogens with one attached hydrogen (secondary N) is 1. The standard InChI is InChI=1S/C13H16ClN3O/c1-3-17(4-2)13(18)16-12(9-15)10-5-7-11(14)8-6-10/h5-8,12H,3-4H2,1-2H3,(H,16,18). The van der Waals surface area contributed by atoms with Gasteiger partial charge in [0.25, 0.3) is 0 Å². The van der Waals surface area contributed by atoms with Crippen molar-refractivity contribution in [3.63, 3.8) is 0 Å². The largest absolute Gasteiger partial charge is 0.325 e. The third-order valence-electron chi connectivity index (χ3n) is 2.65. The number of hydrogen-bond acceptors (Lipinski definition) is 2. The van der Waals surface area contributed by atoms with Crippen LogP contribution in [0.3, 0.4) is 0 Å². The maximum absolute atomic E-state index is 11.9. The Morgan fingerprint density at radius 3 is 2.39 bits per heavy atom. The summed E-state index contributed by atoms with van der Waals surface area (Å²) in [7, 11) is 0. The monoisotopic (exact) mass is 265 g/mol. The molecule has 0 fully saturated rings. The van der Waals surface area contributed by atoms with E-state index < -0.39 is 6.04 Å². The minimum Gasteiger partial charge on any atom is -0.325 e. The van der Waals surface area contributed by atoms with Crippen molar-refractivity contribution < 1.29 is 4.79 Å². The molecule has 0 radical (unpaired) electrons. The van der Waals surface area contributed by atoms with Crippen LogP contribution in [0.15, 0.2) is 24.3 Å². The van der Waals surface area contributed by atoms with E-state index in [4.69, 9.17) is 16.9 Å². The van der Waals surface area contributed by atoms with Gasteiger partial charge in [-0.25, -0.2) is 4.79 Å². The number of nitrogens with zero attached hydrogens (tertiary/aromatic N) is 2. The Balaban J connectivity index is 2.77. The number of rotatable bonds is 4. The molecule has 2 amide bonds. The second-order valence-corrected chi connectivity index (χ2v) is 4.17.